The molecule has 26 heavy (non-hydrogen) atoms. The summed E-state index contributed by atoms with van der Waals surface area (Å²) in [6, 6.07) is 12.4. The van der Waals surface area contributed by atoms with Gasteiger partial charge in [-0.05, 0) is 61.4 Å². The highest BCUT2D eigenvalue weighted by atomic mass is 35.5. The minimum Gasteiger partial charge on any atom is -0.486 e. The number of carbonyl (C=O) groups is 1. The number of hydrogen-bond donors (Lipinski definition) is 2. The van der Waals surface area contributed by atoms with Crippen LogP contribution in [-0.2, 0) is 6.61 Å². The first kappa shape index (κ1) is 18.2. The maximum absolute atomic E-state index is 12.1. The first-order chi connectivity index (χ1) is 12.5. The van der Waals surface area contributed by atoms with Crippen LogP contribution in [0.1, 0.15) is 16.1 Å². The number of hydrogen-bond acceptors (Lipinski definition) is 5. The fraction of sp³-hybridized carbons (Fsp3) is 0.167. The molecule has 0 unspecified atom stereocenters. The molecule has 0 bridgehead atoms. The molecule has 0 fully saturated rings. The molecule has 0 saturated carbocycles. The fourth-order valence-corrected chi connectivity index (χ4v) is 2.89. The van der Waals surface area contributed by atoms with E-state index in [2.05, 4.69) is 20.8 Å². The van der Waals surface area contributed by atoms with Crippen LogP contribution in [0.5, 0.6) is 5.75 Å². The predicted molar refractivity (Wildman–Crippen MR) is 104 cm³/mol. The van der Waals surface area contributed by atoms with Crippen LogP contribution in [-0.4, -0.2) is 16.2 Å². The molecular weight excluding hydrogens is 372 g/mol. The zero-order chi connectivity index (χ0) is 18.5. The summed E-state index contributed by atoms with van der Waals surface area (Å²) in [4.78, 5) is 12.1. The lowest BCUT2D eigenvalue weighted by Crippen LogP contribution is -2.19. The van der Waals surface area contributed by atoms with Crippen molar-refractivity contribution in [2.75, 3.05) is 10.6 Å². The van der Waals surface area contributed by atoms with Crippen LogP contribution >= 0.6 is 22.9 Å². The molecule has 0 saturated heterocycles. The second kappa shape index (κ2) is 8.16. The van der Waals surface area contributed by atoms with Crippen molar-refractivity contribution in [2.24, 2.45) is 0 Å². The third-order valence-corrected chi connectivity index (χ3v) is 4.69. The number of rotatable bonds is 5. The van der Waals surface area contributed by atoms with Crippen molar-refractivity contribution in [1.82, 2.24) is 10.2 Å². The van der Waals surface area contributed by atoms with Crippen molar-refractivity contribution in [3.63, 3.8) is 0 Å². The Kier molecular flexibility index (Phi) is 5.70. The monoisotopic (exact) mass is 388 g/mol. The number of benzene rings is 2. The highest BCUT2D eigenvalue weighted by Crippen LogP contribution is 2.20. The summed E-state index contributed by atoms with van der Waals surface area (Å²) < 4.78 is 5.61. The van der Waals surface area contributed by atoms with Gasteiger partial charge in [0.1, 0.15) is 12.4 Å². The van der Waals surface area contributed by atoms with E-state index in [4.69, 9.17) is 16.3 Å². The number of anilines is 2. The van der Waals surface area contributed by atoms with E-state index in [0.29, 0.717) is 20.9 Å². The van der Waals surface area contributed by atoms with E-state index >= 15 is 0 Å². The average molecular weight is 389 g/mol. The van der Waals surface area contributed by atoms with Crippen molar-refractivity contribution < 1.29 is 9.53 Å². The van der Waals surface area contributed by atoms with E-state index in [9.17, 15) is 4.79 Å². The van der Waals surface area contributed by atoms with E-state index < -0.39 is 0 Å². The second-order valence-electron chi connectivity index (χ2n) is 5.62. The van der Waals surface area contributed by atoms with Gasteiger partial charge in [0.25, 0.3) is 0 Å². The molecule has 1 heterocycles. The molecule has 2 amide bonds. The third kappa shape index (κ3) is 4.93. The molecule has 3 aromatic rings. The van der Waals surface area contributed by atoms with E-state index in [0.717, 1.165) is 11.3 Å². The Morgan fingerprint density at radius 1 is 1.08 bits per heavy atom. The lowest BCUT2D eigenvalue weighted by Gasteiger charge is -2.07. The Balaban J connectivity index is 1.53. The second-order valence-corrected chi connectivity index (χ2v) is 7.12. The van der Waals surface area contributed by atoms with Crippen molar-refractivity contribution in [3.8, 4) is 5.75 Å². The van der Waals surface area contributed by atoms with Crippen LogP contribution in [0.25, 0.3) is 0 Å². The summed E-state index contributed by atoms with van der Waals surface area (Å²) in [5, 5.41) is 15.1. The first-order valence-corrected chi connectivity index (χ1v) is 9.05. The topological polar surface area (TPSA) is 76.1 Å². The number of aromatic nitrogens is 2. The van der Waals surface area contributed by atoms with E-state index in [1.54, 1.807) is 24.3 Å². The smallest absolute Gasteiger partial charge is 0.325 e. The number of aryl methyl sites for hydroxylation is 2. The molecule has 0 spiro atoms. The van der Waals surface area contributed by atoms with Crippen LogP contribution in [0.4, 0.5) is 15.6 Å². The molecule has 0 aliphatic heterocycles. The quantitative estimate of drug-likeness (QED) is 0.642. The van der Waals surface area contributed by atoms with Crippen LogP contribution in [0.3, 0.4) is 0 Å². The molecule has 1 aromatic heterocycles. The predicted octanol–water partition coefficient (Wildman–Crippen LogP) is 5.03. The van der Waals surface area contributed by atoms with Gasteiger partial charge in [0.05, 0.1) is 0 Å². The van der Waals surface area contributed by atoms with Gasteiger partial charge in [-0.15, -0.1) is 10.2 Å². The van der Waals surface area contributed by atoms with Crippen molar-refractivity contribution in [2.45, 2.75) is 20.5 Å². The molecule has 2 N–H and O–H groups in total. The lowest BCUT2D eigenvalue weighted by molar-refractivity contribution is 0.262. The summed E-state index contributed by atoms with van der Waals surface area (Å²) in [5.41, 5.74) is 3.01. The van der Waals surface area contributed by atoms with Gasteiger partial charge in [-0.1, -0.05) is 29.0 Å². The number of carbonyl (C=O) groups excluding carboxylic acids is 1. The molecule has 0 aliphatic carbocycles. The zero-order valence-corrected chi connectivity index (χ0v) is 15.8. The van der Waals surface area contributed by atoms with Gasteiger partial charge in [-0.25, -0.2) is 4.79 Å². The molecule has 0 aliphatic rings. The number of halogens is 1. The van der Waals surface area contributed by atoms with Gasteiger partial charge in [-0.3, -0.25) is 5.32 Å². The van der Waals surface area contributed by atoms with Crippen LogP contribution in [0.15, 0.2) is 42.5 Å². The standard InChI is InChI=1S/C18H17ClN4O2S/c1-11-3-6-14(9-12(11)2)20-17(24)21-18-23-22-16(26-18)10-25-15-7-4-13(19)5-8-15/h3-9H,10H2,1-2H3,(H2,20,21,23,24). The van der Waals surface area contributed by atoms with Crippen LogP contribution in [0, 0.1) is 13.8 Å². The maximum atomic E-state index is 12.1. The Morgan fingerprint density at radius 2 is 1.85 bits per heavy atom. The minimum absolute atomic E-state index is 0.264. The molecule has 2 aromatic carbocycles. The summed E-state index contributed by atoms with van der Waals surface area (Å²) >= 11 is 7.09. The molecular formula is C18H17ClN4O2S. The van der Waals surface area contributed by atoms with E-state index in [1.165, 1.54) is 16.9 Å². The van der Waals surface area contributed by atoms with Crippen molar-refractivity contribution in [3.05, 3.63) is 63.6 Å². The van der Waals surface area contributed by atoms with Crippen LogP contribution in [0.2, 0.25) is 5.02 Å². The van der Waals surface area contributed by atoms with E-state index in [1.807, 2.05) is 32.0 Å². The zero-order valence-electron chi connectivity index (χ0n) is 14.2. The summed E-state index contributed by atoms with van der Waals surface area (Å²) in [5.74, 6) is 0.687. The van der Waals surface area contributed by atoms with E-state index in [-0.39, 0.29) is 12.6 Å². The number of ether oxygens (including phenoxy) is 1. The number of amides is 2. The molecule has 134 valence electrons. The Hall–Kier alpha value is -2.64. The van der Waals surface area contributed by atoms with Gasteiger partial charge in [0.15, 0.2) is 5.01 Å². The molecule has 6 nitrogen and oxygen atoms in total. The van der Waals surface area contributed by atoms with Crippen LogP contribution < -0.4 is 15.4 Å². The van der Waals surface area contributed by atoms with Crippen molar-refractivity contribution in [1.29, 1.82) is 0 Å². The summed E-state index contributed by atoms with van der Waals surface area (Å²) in [6.07, 6.45) is 0. The minimum atomic E-state index is -0.366. The van der Waals surface area contributed by atoms with Gasteiger partial charge in [-0.2, -0.15) is 0 Å². The van der Waals surface area contributed by atoms with Gasteiger partial charge < -0.3 is 10.1 Å². The number of urea groups is 1. The largest absolute Gasteiger partial charge is 0.486 e. The summed E-state index contributed by atoms with van der Waals surface area (Å²) in [7, 11) is 0. The molecule has 0 atom stereocenters. The normalized spacial score (nSPS) is 10.4. The fourth-order valence-electron chi connectivity index (χ4n) is 2.12. The maximum Gasteiger partial charge on any atom is 0.325 e. The van der Waals surface area contributed by atoms with Gasteiger partial charge in [0.2, 0.25) is 5.13 Å². The summed E-state index contributed by atoms with van der Waals surface area (Å²) in [6.45, 7) is 4.28. The lowest BCUT2D eigenvalue weighted by atomic mass is 10.1. The first-order valence-electron chi connectivity index (χ1n) is 7.85. The highest BCUT2D eigenvalue weighted by Gasteiger charge is 2.09. The Bertz CT molecular complexity index is 912. The molecule has 8 heteroatoms. The average Bonchev–Trinajstić information content (AvgIpc) is 3.05. The van der Waals surface area contributed by atoms with Crippen molar-refractivity contribution >= 4 is 39.8 Å². The third-order valence-electron chi connectivity index (χ3n) is 3.63. The number of nitrogens with one attached hydrogen (secondary N) is 2. The van der Waals surface area contributed by atoms with Gasteiger partial charge >= 0.3 is 6.03 Å². The number of nitrogens with zero attached hydrogens (tertiary/aromatic N) is 2. The Morgan fingerprint density at radius 3 is 2.58 bits per heavy atom. The molecule has 3 rings (SSSR count). The Labute approximate surface area is 160 Å². The SMILES string of the molecule is Cc1ccc(NC(=O)Nc2nnc(COc3ccc(Cl)cc3)s2)cc1C. The molecule has 0 radical (unpaired) electrons. The highest BCUT2D eigenvalue weighted by molar-refractivity contribution is 7.15. The van der Waals surface area contributed by atoms with Gasteiger partial charge in [0, 0.05) is 10.7 Å².